The average Bonchev–Trinajstić information content (AvgIpc) is 2.30. The lowest BCUT2D eigenvalue weighted by atomic mass is 10.0. The van der Waals surface area contributed by atoms with Crippen LogP contribution in [0.5, 0.6) is 0 Å². The number of nitrogens with one attached hydrogen (secondary N) is 1. The second kappa shape index (κ2) is 3.92. The van der Waals surface area contributed by atoms with Crippen molar-refractivity contribution in [3.05, 3.63) is 58.5 Å². The van der Waals surface area contributed by atoms with Gasteiger partial charge in [-0.05, 0) is 11.6 Å². The van der Waals surface area contributed by atoms with Gasteiger partial charge in [0.25, 0.3) is 0 Å². The summed E-state index contributed by atoms with van der Waals surface area (Å²) in [5, 5.41) is 0. The first-order valence-electron chi connectivity index (χ1n) is 4.55. The molecule has 0 saturated carbocycles. The molecular weight excluding hydrogens is 190 g/mol. The fourth-order valence-electron chi connectivity index (χ4n) is 1.45. The Morgan fingerprint density at radius 2 is 1.73 bits per heavy atom. The number of hydrogen-bond donors (Lipinski definition) is 1. The normalized spacial score (nSPS) is 9.87. The molecule has 2 rings (SSSR count). The summed E-state index contributed by atoms with van der Waals surface area (Å²) in [7, 11) is 0. The first-order chi connectivity index (χ1) is 7.31. The van der Waals surface area contributed by atoms with Gasteiger partial charge >= 0.3 is 0 Å². The minimum Gasteiger partial charge on any atom is -0.319 e. The SMILES string of the molecule is O=Cc1[nH]c(=O)ccc1-c1ccccc1. The predicted molar refractivity (Wildman–Crippen MR) is 57.9 cm³/mol. The fourth-order valence-corrected chi connectivity index (χ4v) is 1.45. The van der Waals surface area contributed by atoms with Crippen LogP contribution < -0.4 is 5.56 Å². The molecule has 0 aliphatic rings. The van der Waals surface area contributed by atoms with E-state index in [-0.39, 0.29) is 5.56 Å². The predicted octanol–water partition coefficient (Wildman–Crippen LogP) is 1.85. The van der Waals surface area contributed by atoms with Crippen molar-refractivity contribution < 1.29 is 4.79 Å². The van der Waals surface area contributed by atoms with Crippen molar-refractivity contribution in [2.24, 2.45) is 0 Å². The molecule has 15 heavy (non-hydrogen) atoms. The van der Waals surface area contributed by atoms with Crippen LogP contribution in [0.3, 0.4) is 0 Å². The maximum Gasteiger partial charge on any atom is 0.248 e. The van der Waals surface area contributed by atoms with Crippen LogP contribution >= 0.6 is 0 Å². The van der Waals surface area contributed by atoms with Crippen molar-refractivity contribution in [2.45, 2.75) is 0 Å². The summed E-state index contributed by atoms with van der Waals surface area (Å²) >= 11 is 0. The molecule has 0 saturated heterocycles. The number of carbonyl (C=O) groups is 1. The zero-order valence-corrected chi connectivity index (χ0v) is 7.94. The fraction of sp³-hybridized carbons (Fsp3) is 0. The summed E-state index contributed by atoms with van der Waals surface area (Å²) in [5.74, 6) is 0. The van der Waals surface area contributed by atoms with E-state index in [0.29, 0.717) is 12.0 Å². The lowest BCUT2D eigenvalue weighted by Gasteiger charge is -2.03. The number of rotatable bonds is 2. The van der Waals surface area contributed by atoms with Crippen LogP contribution in [0.2, 0.25) is 0 Å². The number of aromatic nitrogens is 1. The van der Waals surface area contributed by atoms with E-state index in [4.69, 9.17) is 0 Å². The quantitative estimate of drug-likeness (QED) is 0.750. The van der Waals surface area contributed by atoms with Crippen molar-refractivity contribution in [3.8, 4) is 11.1 Å². The Balaban J connectivity index is 2.63. The molecule has 1 aromatic carbocycles. The molecule has 0 atom stereocenters. The highest BCUT2D eigenvalue weighted by Gasteiger charge is 2.03. The van der Waals surface area contributed by atoms with Crippen LogP contribution in [0.15, 0.2) is 47.3 Å². The number of aromatic amines is 1. The topological polar surface area (TPSA) is 49.9 Å². The monoisotopic (exact) mass is 199 g/mol. The third-order valence-electron chi connectivity index (χ3n) is 2.15. The number of pyridine rings is 1. The van der Waals surface area contributed by atoms with Crippen LogP contribution in [0.25, 0.3) is 11.1 Å². The maximum atomic E-state index is 11.0. The minimum atomic E-state index is -0.267. The number of hydrogen-bond acceptors (Lipinski definition) is 2. The number of H-pyrrole nitrogens is 1. The highest BCUT2D eigenvalue weighted by Crippen LogP contribution is 2.19. The van der Waals surface area contributed by atoms with Crippen molar-refractivity contribution in [1.29, 1.82) is 0 Å². The van der Waals surface area contributed by atoms with Crippen molar-refractivity contribution in [3.63, 3.8) is 0 Å². The molecule has 0 amide bonds. The maximum absolute atomic E-state index is 11.0. The van der Waals surface area contributed by atoms with Gasteiger partial charge in [-0.15, -0.1) is 0 Å². The molecule has 1 N–H and O–H groups in total. The Morgan fingerprint density at radius 1 is 1.00 bits per heavy atom. The van der Waals surface area contributed by atoms with Gasteiger partial charge in [-0.25, -0.2) is 0 Å². The molecule has 0 aliphatic heterocycles. The summed E-state index contributed by atoms with van der Waals surface area (Å²) in [5.41, 5.74) is 1.70. The van der Waals surface area contributed by atoms with Crippen LogP contribution in [-0.2, 0) is 0 Å². The summed E-state index contributed by atoms with van der Waals surface area (Å²) in [6.45, 7) is 0. The molecule has 0 aliphatic carbocycles. The van der Waals surface area contributed by atoms with Gasteiger partial charge in [-0.2, -0.15) is 0 Å². The number of benzene rings is 1. The standard InChI is InChI=1S/C12H9NO2/c14-8-11-10(6-7-12(15)13-11)9-4-2-1-3-5-9/h1-8H,(H,13,15). The Kier molecular flexibility index (Phi) is 2.46. The average molecular weight is 199 g/mol. The van der Waals surface area contributed by atoms with Gasteiger partial charge < -0.3 is 4.98 Å². The zero-order chi connectivity index (χ0) is 10.7. The smallest absolute Gasteiger partial charge is 0.248 e. The van der Waals surface area contributed by atoms with Gasteiger partial charge in [-0.3, -0.25) is 9.59 Å². The molecular formula is C12H9NO2. The van der Waals surface area contributed by atoms with Gasteiger partial charge in [-0.1, -0.05) is 30.3 Å². The molecule has 1 heterocycles. The van der Waals surface area contributed by atoms with Crippen LogP contribution in [0, 0.1) is 0 Å². The molecule has 0 radical (unpaired) electrons. The van der Waals surface area contributed by atoms with Crippen LogP contribution in [-0.4, -0.2) is 11.3 Å². The third-order valence-corrected chi connectivity index (χ3v) is 2.15. The molecule has 74 valence electrons. The van der Waals surface area contributed by atoms with Crippen molar-refractivity contribution in [2.75, 3.05) is 0 Å². The summed E-state index contributed by atoms with van der Waals surface area (Å²) in [6, 6.07) is 12.5. The van der Waals surface area contributed by atoms with Gasteiger partial charge in [0.1, 0.15) is 0 Å². The van der Waals surface area contributed by atoms with Gasteiger partial charge in [0.2, 0.25) is 5.56 Å². The lowest BCUT2D eigenvalue weighted by molar-refractivity contribution is 0.111. The van der Waals surface area contributed by atoms with E-state index < -0.39 is 0 Å². The molecule has 0 spiro atoms. The highest BCUT2D eigenvalue weighted by atomic mass is 16.1. The van der Waals surface area contributed by atoms with Gasteiger partial charge in [0.15, 0.2) is 6.29 Å². The summed E-state index contributed by atoms with van der Waals surface area (Å²) < 4.78 is 0. The molecule has 0 unspecified atom stereocenters. The molecule has 0 bridgehead atoms. The Labute approximate surface area is 86.4 Å². The molecule has 1 aromatic heterocycles. The van der Waals surface area contributed by atoms with E-state index >= 15 is 0 Å². The largest absolute Gasteiger partial charge is 0.319 e. The first-order valence-corrected chi connectivity index (χ1v) is 4.55. The Morgan fingerprint density at radius 3 is 2.40 bits per heavy atom. The second-order valence-corrected chi connectivity index (χ2v) is 3.13. The zero-order valence-electron chi connectivity index (χ0n) is 7.94. The number of aldehydes is 1. The van der Waals surface area contributed by atoms with Crippen LogP contribution in [0.4, 0.5) is 0 Å². The van der Waals surface area contributed by atoms with E-state index in [2.05, 4.69) is 4.98 Å². The summed E-state index contributed by atoms with van der Waals surface area (Å²) in [4.78, 5) is 24.3. The molecule has 0 fully saturated rings. The molecule has 3 nitrogen and oxygen atoms in total. The Hall–Kier alpha value is -2.16. The second-order valence-electron chi connectivity index (χ2n) is 3.13. The van der Waals surface area contributed by atoms with E-state index in [1.807, 2.05) is 30.3 Å². The van der Waals surface area contributed by atoms with E-state index in [9.17, 15) is 9.59 Å². The third kappa shape index (κ3) is 1.86. The number of carbonyl (C=O) groups excluding carboxylic acids is 1. The van der Waals surface area contributed by atoms with Gasteiger partial charge in [0, 0.05) is 11.6 Å². The van der Waals surface area contributed by atoms with Crippen molar-refractivity contribution in [1.82, 2.24) is 4.98 Å². The van der Waals surface area contributed by atoms with E-state index in [0.717, 1.165) is 11.1 Å². The Bertz CT molecular complexity index is 529. The molecule has 2 aromatic rings. The highest BCUT2D eigenvalue weighted by molar-refractivity contribution is 5.84. The van der Waals surface area contributed by atoms with Gasteiger partial charge in [0.05, 0.1) is 5.69 Å². The van der Waals surface area contributed by atoms with Crippen LogP contribution in [0.1, 0.15) is 10.5 Å². The minimum absolute atomic E-state index is 0.267. The first kappa shape index (κ1) is 9.40. The lowest BCUT2D eigenvalue weighted by Crippen LogP contribution is -2.07. The van der Waals surface area contributed by atoms with E-state index in [1.54, 1.807) is 6.07 Å². The van der Waals surface area contributed by atoms with Crippen molar-refractivity contribution >= 4 is 6.29 Å². The molecule has 3 heteroatoms. The summed E-state index contributed by atoms with van der Waals surface area (Å²) in [6.07, 6.45) is 0.656. The van der Waals surface area contributed by atoms with E-state index in [1.165, 1.54) is 6.07 Å².